The van der Waals surface area contributed by atoms with Gasteiger partial charge >= 0.3 is 17.9 Å². The molecule has 0 aliphatic carbocycles. The SMILES string of the molecule is O=C(O)C1=Cc2ccccc2OC1(Oc1cccc(Cl)c1)C(F)(F)F. The van der Waals surface area contributed by atoms with Crippen LogP contribution in [0.5, 0.6) is 11.5 Å². The van der Waals surface area contributed by atoms with Crippen molar-refractivity contribution in [2.75, 3.05) is 0 Å². The van der Waals surface area contributed by atoms with E-state index in [1.54, 1.807) is 6.07 Å². The number of halogens is 4. The molecule has 130 valence electrons. The standard InChI is InChI=1S/C17H10ClF3O4/c18-11-5-3-6-12(9-11)24-16(17(19,20)21)13(15(22)23)8-10-4-1-2-7-14(10)25-16/h1-9H,(H,22,23). The highest BCUT2D eigenvalue weighted by Crippen LogP contribution is 2.46. The zero-order valence-electron chi connectivity index (χ0n) is 12.4. The molecule has 8 heteroatoms. The van der Waals surface area contributed by atoms with E-state index in [1.165, 1.54) is 36.4 Å². The summed E-state index contributed by atoms with van der Waals surface area (Å²) in [5.74, 6) is -5.74. The molecule has 0 spiro atoms. The largest absolute Gasteiger partial charge is 0.478 e. The number of hydrogen-bond acceptors (Lipinski definition) is 3. The quantitative estimate of drug-likeness (QED) is 0.862. The average molecular weight is 371 g/mol. The van der Waals surface area contributed by atoms with Crippen LogP contribution in [0.25, 0.3) is 6.08 Å². The van der Waals surface area contributed by atoms with Gasteiger partial charge in [0.05, 0.1) is 0 Å². The summed E-state index contributed by atoms with van der Waals surface area (Å²) < 4.78 is 51.8. The lowest BCUT2D eigenvalue weighted by molar-refractivity contribution is -0.304. The summed E-state index contributed by atoms with van der Waals surface area (Å²) in [7, 11) is 0. The van der Waals surface area contributed by atoms with Gasteiger partial charge in [-0.15, -0.1) is 0 Å². The predicted octanol–water partition coefficient (Wildman–Crippen LogP) is 4.54. The molecule has 0 fully saturated rings. The molecule has 25 heavy (non-hydrogen) atoms. The van der Waals surface area contributed by atoms with Crippen molar-refractivity contribution in [2.24, 2.45) is 0 Å². The highest BCUT2D eigenvalue weighted by molar-refractivity contribution is 6.30. The fraction of sp³-hybridized carbons (Fsp3) is 0.118. The lowest BCUT2D eigenvalue weighted by atomic mass is 9.97. The lowest BCUT2D eigenvalue weighted by Crippen LogP contribution is -2.59. The minimum absolute atomic E-state index is 0.131. The second-order valence-electron chi connectivity index (χ2n) is 5.18. The van der Waals surface area contributed by atoms with Crippen molar-refractivity contribution in [1.29, 1.82) is 0 Å². The van der Waals surface area contributed by atoms with Crippen LogP contribution in [-0.2, 0) is 4.79 Å². The monoisotopic (exact) mass is 370 g/mol. The summed E-state index contributed by atoms with van der Waals surface area (Å²) >= 11 is 5.77. The van der Waals surface area contributed by atoms with Gasteiger partial charge in [0.15, 0.2) is 0 Å². The van der Waals surface area contributed by atoms with Crippen molar-refractivity contribution in [3.05, 3.63) is 64.7 Å². The number of aliphatic carboxylic acids is 1. The van der Waals surface area contributed by atoms with E-state index in [-0.39, 0.29) is 22.1 Å². The van der Waals surface area contributed by atoms with E-state index in [0.29, 0.717) is 0 Å². The van der Waals surface area contributed by atoms with Crippen LogP contribution in [-0.4, -0.2) is 23.0 Å². The lowest BCUT2D eigenvalue weighted by Gasteiger charge is -2.38. The van der Waals surface area contributed by atoms with Gasteiger partial charge in [-0.1, -0.05) is 35.9 Å². The van der Waals surface area contributed by atoms with Crippen LogP contribution < -0.4 is 9.47 Å². The third-order valence-corrected chi connectivity index (χ3v) is 3.72. The minimum Gasteiger partial charge on any atom is -0.478 e. The van der Waals surface area contributed by atoms with Gasteiger partial charge in [0.2, 0.25) is 0 Å². The summed E-state index contributed by atoms with van der Waals surface area (Å²) in [5.41, 5.74) is -0.881. The molecule has 1 aliphatic heterocycles. The number of rotatable bonds is 3. The van der Waals surface area contributed by atoms with Gasteiger partial charge in [-0.25, -0.2) is 4.79 Å². The Morgan fingerprint density at radius 1 is 1.16 bits per heavy atom. The summed E-state index contributed by atoms with van der Waals surface area (Å²) in [4.78, 5) is 11.5. The molecule has 4 nitrogen and oxygen atoms in total. The van der Waals surface area contributed by atoms with Crippen LogP contribution in [0.2, 0.25) is 5.02 Å². The molecule has 0 aromatic heterocycles. The molecule has 2 aromatic rings. The number of fused-ring (bicyclic) bond motifs is 1. The van der Waals surface area contributed by atoms with Crippen molar-refractivity contribution in [3.63, 3.8) is 0 Å². The highest BCUT2D eigenvalue weighted by Gasteiger charge is 2.66. The molecule has 1 atom stereocenters. The summed E-state index contributed by atoms with van der Waals surface area (Å²) in [5, 5.41) is 9.47. The van der Waals surface area contributed by atoms with E-state index < -0.39 is 23.5 Å². The Hall–Kier alpha value is -2.67. The normalized spacial score (nSPS) is 19.4. The highest BCUT2D eigenvalue weighted by atomic mass is 35.5. The van der Waals surface area contributed by atoms with E-state index >= 15 is 0 Å². The second kappa shape index (κ2) is 6.00. The van der Waals surface area contributed by atoms with Crippen molar-refractivity contribution < 1.29 is 32.5 Å². The average Bonchev–Trinajstić information content (AvgIpc) is 2.53. The van der Waals surface area contributed by atoms with Gasteiger partial charge in [0, 0.05) is 10.6 Å². The van der Waals surface area contributed by atoms with Crippen LogP contribution >= 0.6 is 11.6 Å². The van der Waals surface area contributed by atoms with E-state index in [0.717, 1.165) is 12.1 Å². The first-order valence-corrected chi connectivity index (χ1v) is 7.35. The van der Waals surface area contributed by atoms with Gasteiger partial charge in [0.1, 0.15) is 17.1 Å². The number of carbonyl (C=O) groups is 1. The molecule has 0 saturated heterocycles. The molecular formula is C17H10ClF3O4. The molecule has 0 saturated carbocycles. The van der Waals surface area contributed by atoms with E-state index in [1.807, 2.05) is 0 Å². The van der Waals surface area contributed by atoms with Crippen LogP contribution in [0.3, 0.4) is 0 Å². The van der Waals surface area contributed by atoms with Gasteiger partial charge < -0.3 is 14.6 Å². The number of para-hydroxylation sites is 1. The number of benzene rings is 2. The van der Waals surface area contributed by atoms with Crippen molar-refractivity contribution >= 4 is 23.6 Å². The zero-order valence-corrected chi connectivity index (χ0v) is 13.1. The molecule has 1 N–H and O–H groups in total. The smallest absolute Gasteiger partial charge is 0.473 e. The number of hydrogen-bond donors (Lipinski definition) is 1. The first-order chi connectivity index (χ1) is 11.7. The zero-order chi connectivity index (χ0) is 18.2. The molecule has 1 unspecified atom stereocenters. The maximum atomic E-state index is 13.9. The third kappa shape index (κ3) is 3.02. The van der Waals surface area contributed by atoms with Crippen LogP contribution in [0.1, 0.15) is 5.56 Å². The molecule has 1 aliphatic rings. The molecule has 0 bridgehead atoms. The van der Waals surface area contributed by atoms with E-state index in [2.05, 4.69) is 0 Å². The van der Waals surface area contributed by atoms with Crippen LogP contribution in [0.15, 0.2) is 54.1 Å². The number of carboxylic acids is 1. The Labute approximate surface area is 145 Å². The first kappa shape index (κ1) is 17.2. The Bertz CT molecular complexity index is 863. The number of ether oxygens (including phenoxy) is 2. The summed E-state index contributed by atoms with van der Waals surface area (Å²) in [6, 6.07) is 10.9. The minimum atomic E-state index is -5.17. The maximum Gasteiger partial charge on any atom is 0.473 e. The van der Waals surface area contributed by atoms with Crippen LogP contribution in [0.4, 0.5) is 13.2 Å². The number of alkyl halides is 3. The maximum absolute atomic E-state index is 13.9. The summed E-state index contributed by atoms with van der Waals surface area (Å²) in [6.07, 6.45) is -4.29. The van der Waals surface area contributed by atoms with Crippen LogP contribution in [0, 0.1) is 0 Å². The van der Waals surface area contributed by atoms with Crippen molar-refractivity contribution in [3.8, 4) is 11.5 Å². The Morgan fingerprint density at radius 2 is 1.88 bits per heavy atom. The topological polar surface area (TPSA) is 55.8 Å². The third-order valence-electron chi connectivity index (χ3n) is 3.49. The molecule has 3 rings (SSSR count). The van der Waals surface area contributed by atoms with Gasteiger partial charge in [-0.2, -0.15) is 13.2 Å². The molecule has 0 radical (unpaired) electrons. The summed E-state index contributed by atoms with van der Waals surface area (Å²) in [6.45, 7) is 0. The molecule has 0 amide bonds. The van der Waals surface area contributed by atoms with Gasteiger partial charge in [-0.05, 0) is 30.3 Å². The van der Waals surface area contributed by atoms with E-state index in [4.69, 9.17) is 21.1 Å². The fourth-order valence-corrected chi connectivity index (χ4v) is 2.58. The molecule has 1 heterocycles. The first-order valence-electron chi connectivity index (χ1n) is 6.98. The fourth-order valence-electron chi connectivity index (χ4n) is 2.40. The Balaban J connectivity index is 2.19. The second-order valence-corrected chi connectivity index (χ2v) is 5.61. The Morgan fingerprint density at radius 3 is 2.52 bits per heavy atom. The van der Waals surface area contributed by atoms with Gasteiger partial charge in [-0.3, -0.25) is 0 Å². The predicted molar refractivity (Wildman–Crippen MR) is 83.5 cm³/mol. The molecule has 2 aromatic carbocycles. The van der Waals surface area contributed by atoms with Crippen molar-refractivity contribution in [2.45, 2.75) is 12.0 Å². The van der Waals surface area contributed by atoms with Gasteiger partial charge in [0.25, 0.3) is 0 Å². The van der Waals surface area contributed by atoms with Crippen molar-refractivity contribution in [1.82, 2.24) is 0 Å². The Kier molecular flexibility index (Phi) is 4.12. The number of carboxylic acid groups (broad SMARTS) is 1. The van der Waals surface area contributed by atoms with E-state index in [9.17, 15) is 23.1 Å². The molecular weight excluding hydrogens is 361 g/mol.